The van der Waals surface area contributed by atoms with Gasteiger partial charge in [-0.25, -0.2) is 9.59 Å². The molecule has 0 fully saturated rings. The quantitative estimate of drug-likeness (QED) is 0.116. The van der Waals surface area contributed by atoms with Gasteiger partial charge in [-0.2, -0.15) is 0 Å². The van der Waals surface area contributed by atoms with Gasteiger partial charge in [0.1, 0.15) is 11.5 Å². The molecule has 4 aromatic rings. The Morgan fingerprint density at radius 3 is 1.20 bits per heavy atom. The minimum Gasteiger partial charge on any atom is -0.482 e. The fraction of sp³-hybridized carbons (Fsp3) is 0.212. The lowest BCUT2D eigenvalue weighted by molar-refractivity contribution is -0.137. The zero-order valence-corrected chi connectivity index (χ0v) is 33.9. The van der Waals surface area contributed by atoms with Gasteiger partial charge in [-0.1, -0.05) is 45.7 Å². The molecule has 12 heteroatoms. The SMILES string of the molecule is Cc1cc(OCC(=O)Oc2c(Br)cc(C(C)(C)c3cc(Br)c(OC(=O)COc4ccc(Br)c(C)c4)c(Br)c3)cc2Br)ccc1Br. The summed E-state index contributed by atoms with van der Waals surface area (Å²) in [5, 5.41) is 0. The number of esters is 2. The Morgan fingerprint density at radius 1 is 0.556 bits per heavy atom. The fourth-order valence-electron chi connectivity index (χ4n) is 4.19. The molecule has 0 aromatic heterocycles. The molecule has 0 amide bonds. The van der Waals surface area contributed by atoms with Crippen LogP contribution < -0.4 is 18.9 Å². The lowest BCUT2D eigenvalue weighted by Gasteiger charge is -2.28. The molecule has 0 unspecified atom stereocenters. The van der Waals surface area contributed by atoms with Gasteiger partial charge in [-0.05, 0) is 160 Å². The highest BCUT2D eigenvalue weighted by Crippen LogP contribution is 2.44. The predicted octanol–water partition coefficient (Wildman–Crippen LogP) is 11.2. The van der Waals surface area contributed by atoms with Crippen molar-refractivity contribution in [1.29, 1.82) is 0 Å². The number of hydrogen-bond acceptors (Lipinski definition) is 6. The third kappa shape index (κ3) is 9.22. The van der Waals surface area contributed by atoms with Crippen molar-refractivity contribution >= 4 is 108 Å². The van der Waals surface area contributed by atoms with Gasteiger partial charge in [0.05, 0.1) is 17.9 Å². The first-order chi connectivity index (χ1) is 21.1. The van der Waals surface area contributed by atoms with Crippen molar-refractivity contribution < 1.29 is 28.5 Å². The van der Waals surface area contributed by atoms with Crippen molar-refractivity contribution in [3.63, 3.8) is 0 Å². The van der Waals surface area contributed by atoms with Crippen LogP contribution in [0.3, 0.4) is 0 Å². The van der Waals surface area contributed by atoms with Crippen molar-refractivity contribution in [2.75, 3.05) is 13.2 Å². The molecular weight excluding hydrogens is 972 g/mol. The Hall–Kier alpha value is -1.70. The molecule has 0 atom stereocenters. The molecule has 0 radical (unpaired) electrons. The van der Waals surface area contributed by atoms with E-state index in [2.05, 4.69) is 109 Å². The summed E-state index contributed by atoms with van der Waals surface area (Å²) in [6, 6.07) is 18.6. The van der Waals surface area contributed by atoms with Crippen LogP contribution in [0.25, 0.3) is 0 Å². The minimum atomic E-state index is -0.542. The van der Waals surface area contributed by atoms with Crippen LogP contribution in [0.15, 0.2) is 87.5 Å². The summed E-state index contributed by atoms with van der Waals surface area (Å²) < 4.78 is 26.8. The molecule has 0 aliphatic carbocycles. The van der Waals surface area contributed by atoms with E-state index >= 15 is 0 Å². The van der Waals surface area contributed by atoms with Gasteiger partial charge in [0, 0.05) is 14.4 Å². The summed E-state index contributed by atoms with van der Waals surface area (Å²) in [6.07, 6.45) is 0. The average Bonchev–Trinajstić information content (AvgIpc) is 2.97. The van der Waals surface area contributed by atoms with Crippen LogP contribution in [-0.2, 0) is 15.0 Å². The first-order valence-corrected chi connectivity index (χ1v) is 18.1. The van der Waals surface area contributed by atoms with E-state index < -0.39 is 17.4 Å². The molecule has 0 aliphatic rings. The Bertz CT molecular complexity index is 1600. The van der Waals surface area contributed by atoms with Crippen LogP contribution in [0.2, 0.25) is 0 Å². The summed E-state index contributed by atoms with van der Waals surface area (Å²) in [6.45, 7) is 7.52. The second-order valence-corrected chi connectivity index (χ2v) is 15.6. The molecule has 6 nitrogen and oxygen atoms in total. The number of benzene rings is 4. The van der Waals surface area contributed by atoms with E-state index in [1.807, 2.05) is 62.4 Å². The van der Waals surface area contributed by atoms with Gasteiger partial charge in [0.15, 0.2) is 24.7 Å². The van der Waals surface area contributed by atoms with Crippen LogP contribution in [0.5, 0.6) is 23.0 Å². The van der Waals surface area contributed by atoms with E-state index in [9.17, 15) is 9.59 Å². The average molecular weight is 998 g/mol. The summed E-state index contributed by atoms with van der Waals surface area (Å²) in [7, 11) is 0. The first kappa shape index (κ1) is 36.1. The number of carbonyl (C=O) groups excluding carboxylic acids is 2. The van der Waals surface area contributed by atoms with Gasteiger partial charge in [-0.15, -0.1) is 0 Å². The number of rotatable bonds is 10. The number of carbonyl (C=O) groups is 2. The second kappa shape index (κ2) is 15.5. The Kier molecular flexibility index (Phi) is 12.4. The van der Waals surface area contributed by atoms with Gasteiger partial charge >= 0.3 is 11.9 Å². The lowest BCUT2D eigenvalue weighted by atomic mass is 9.78. The van der Waals surface area contributed by atoms with Gasteiger partial charge in [-0.3, -0.25) is 0 Å². The minimum absolute atomic E-state index is 0.248. The Balaban J connectivity index is 1.45. The van der Waals surface area contributed by atoms with E-state index in [1.54, 1.807) is 12.1 Å². The van der Waals surface area contributed by atoms with Crippen molar-refractivity contribution in [1.82, 2.24) is 0 Å². The predicted molar refractivity (Wildman–Crippen MR) is 196 cm³/mol. The molecule has 0 bridgehead atoms. The molecule has 4 aromatic carbocycles. The molecule has 0 heterocycles. The van der Waals surface area contributed by atoms with Crippen LogP contribution in [0.1, 0.15) is 36.1 Å². The summed E-state index contributed by atoms with van der Waals surface area (Å²) >= 11 is 21.2. The third-order valence-electron chi connectivity index (χ3n) is 6.84. The summed E-state index contributed by atoms with van der Waals surface area (Å²) in [4.78, 5) is 25.2. The topological polar surface area (TPSA) is 71.1 Å². The highest BCUT2D eigenvalue weighted by molar-refractivity contribution is 9.11. The number of ether oxygens (including phenoxy) is 4. The van der Waals surface area contributed by atoms with Gasteiger partial charge < -0.3 is 18.9 Å². The maximum Gasteiger partial charge on any atom is 0.349 e. The third-order valence-corrected chi connectivity index (χ3v) is 11.0. The van der Waals surface area contributed by atoms with Crippen molar-refractivity contribution in [2.45, 2.75) is 33.1 Å². The molecular formula is C33H26Br6O6. The Labute approximate surface area is 312 Å². The molecule has 45 heavy (non-hydrogen) atoms. The molecule has 0 aliphatic heterocycles. The molecule has 0 saturated carbocycles. The van der Waals surface area contributed by atoms with Crippen LogP contribution in [-0.4, -0.2) is 25.2 Å². The summed E-state index contributed by atoms with van der Waals surface area (Å²) in [5.41, 5.74) is 3.36. The normalized spacial score (nSPS) is 11.2. The largest absolute Gasteiger partial charge is 0.482 e. The van der Waals surface area contributed by atoms with Crippen molar-refractivity contribution in [2.24, 2.45) is 0 Å². The first-order valence-electron chi connectivity index (χ1n) is 13.3. The molecule has 236 valence electrons. The number of aryl methyl sites for hydroxylation is 2. The highest BCUT2D eigenvalue weighted by atomic mass is 79.9. The van der Waals surface area contributed by atoms with Crippen LogP contribution in [0.4, 0.5) is 0 Å². The van der Waals surface area contributed by atoms with Gasteiger partial charge in [0.2, 0.25) is 0 Å². The molecule has 0 spiro atoms. The van der Waals surface area contributed by atoms with E-state index in [-0.39, 0.29) is 13.2 Å². The fourth-order valence-corrected chi connectivity index (χ4v) is 7.38. The van der Waals surface area contributed by atoms with E-state index in [4.69, 9.17) is 18.9 Å². The van der Waals surface area contributed by atoms with E-state index in [1.165, 1.54) is 0 Å². The van der Waals surface area contributed by atoms with Gasteiger partial charge in [0.25, 0.3) is 0 Å². The zero-order valence-electron chi connectivity index (χ0n) is 24.4. The zero-order chi connectivity index (χ0) is 33.1. The van der Waals surface area contributed by atoms with Crippen LogP contribution in [0, 0.1) is 13.8 Å². The molecule has 0 N–H and O–H groups in total. The number of halogens is 6. The molecule has 0 saturated heterocycles. The second-order valence-electron chi connectivity index (χ2n) is 10.5. The smallest absolute Gasteiger partial charge is 0.349 e. The highest BCUT2D eigenvalue weighted by Gasteiger charge is 2.28. The number of hydrogen-bond donors (Lipinski definition) is 0. The lowest BCUT2D eigenvalue weighted by Crippen LogP contribution is -2.21. The van der Waals surface area contributed by atoms with Crippen molar-refractivity contribution in [3.8, 4) is 23.0 Å². The molecule has 4 rings (SSSR count). The standard InChI is InChI=1S/C33H26Br6O6/c1-17-9-21(5-7-23(17)34)42-15-29(40)44-31-25(36)11-19(12-26(31)37)33(3,4)20-13-27(38)32(28(39)14-20)45-30(41)16-43-22-6-8-24(35)18(2)10-22/h5-14H,15-16H2,1-4H3. The monoisotopic (exact) mass is 992 g/mol. The van der Waals surface area contributed by atoms with E-state index in [0.717, 1.165) is 31.2 Å². The maximum absolute atomic E-state index is 12.6. The van der Waals surface area contributed by atoms with Crippen LogP contribution >= 0.6 is 95.6 Å². The van der Waals surface area contributed by atoms with Crippen molar-refractivity contribution in [3.05, 3.63) is 110 Å². The Morgan fingerprint density at radius 2 is 0.889 bits per heavy atom. The summed E-state index contributed by atoms with van der Waals surface area (Å²) in [5.74, 6) is 0.759. The maximum atomic E-state index is 12.6. The van der Waals surface area contributed by atoms with E-state index in [0.29, 0.717) is 40.9 Å².